The lowest BCUT2D eigenvalue weighted by atomic mass is 9.81. The molecule has 1 aromatic heterocycles. The van der Waals surface area contributed by atoms with Crippen LogP contribution in [0.25, 0.3) is 0 Å². The quantitative estimate of drug-likeness (QED) is 0.395. The maximum Gasteiger partial charge on any atom is 0.416 e. The van der Waals surface area contributed by atoms with Gasteiger partial charge in [0.1, 0.15) is 10.4 Å². The van der Waals surface area contributed by atoms with Gasteiger partial charge in [-0.05, 0) is 66.5 Å². The fourth-order valence-corrected chi connectivity index (χ4v) is 4.11. The van der Waals surface area contributed by atoms with E-state index in [0.717, 1.165) is 12.1 Å². The molecule has 1 aromatic carbocycles. The van der Waals surface area contributed by atoms with Crippen molar-refractivity contribution in [3.05, 3.63) is 81.0 Å². The van der Waals surface area contributed by atoms with Crippen molar-refractivity contribution in [2.24, 2.45) is 5.73 Å². The van der Waals surface area contributed by atoms with E-state index in [1.807, 2.05) is 0 Å². The first kappa shape index (κ1) is 26.3. The first-order chi connectivity index (χ1) is 16.5. The molecule has 3 rings (SSSR count). The predicted molar refractivity (Wildman–Crippen MR) is 126 cm³/mol. The summed E-state index contributed by atoms with van der Waals surface area (Å²) in [5.74, 6) is -2.75. The van der Waals surface area contributed by atoms with Crippen LogP contribution in [0, 0.1) is 0 Å². The van der Waals surface area contributed by atoms with E-state index in [4.69, 9.17) is 15.2 Å². The average Bonchev–Trinajstić information content (AvgIpc) is 2.79. The second-order valence-corrected chi connectivity index (χ2v) is 8.28. The summed E-state index contributed by atoms with van der Waals surface area (Å²) >= 11 is 3.25. The number of anilines is 1. The number of hydrogen-bond donors (Lipinski definition) is 1. The molecule has 0 fully saturated rings. The third kappa shape index (κ3) is 5.34. The first-order valence-electron chi connectivity index (χ1n) is 10.6. The number of carbonyl (C=O) groups excluding carboxylic acids is 2. The van der Waals surface area contributed by atoms with Crippen LogP contribution in [0.5, 0.6) is 0 Å². The summed E-state index contributed by atoms with van der Waals surface area (Å²) < 4.78 is 51.3. The molecule has 0 amide bonds. The Kier molecular flexibility index (Phi) is 7.89. The molecule has 1 aliphatic heterocycles. The van der Waals surface area contributed by atoms with Crippen LogP contribution >= 0.6 is 15.9 Å². The monoisotopic (exact) mass is 553 g/mol. The Labute approximate surface area is 208 Å². The van der Waals surface area contributed by atoms with Crippen LogP contribution in [0.4, 0.5) is 18.9 Å². The molecule has 0 aliphatic carbocycles. The molecule has 2 aromatic rings. The molecule has 0 bridgehead atoms. The van der Waals surface area contributed by atoms with Crippen molar-refractivity contribution >= 4 is 33.6 Å². The smallest absolute Gasteiger partial charge is 0.416 e. The second kappa shape index (κ2) is 10.5. The van der Waals surface area contributed by atoms with Gasteiger partial charge in [0.15, 0.2) is 0 Å². The van der Waals surface area contributed by atoms with E-state index in [-0.39, 0.29) is 41.6 Å². The number of hydrogen-bond acceptors (Lipinski definition) is 7. The molecule has 1 atom stereocenters. The minimum absolute atomic E-state index is 0.0158. The summed E-state index contributed by atoms with van der Waals surface area (Å²) in [6.45, 7) is 4.81. The van der Waals surface area contributed by atoms with Gasteiger partial charge in [-0.3, -0.25) is 0 Å². The number of pyridine rings is 1. The highest BCUT2D eigenvalue weighted by Crippen LogP contribution is 2.44. The average molecular weight is 554 g/mol. The van der Waals surface area contributed by atoms with Gasteiger partial charge in [0.2, 0.25) is 0 Å². The van der Waals surface area contributed by atoms with E-state index in [1.54, 1.807) is 26.0 Å². The predicted octanol–water partition coefficient (Wildman–Crippen LogP) is 5.04. The van der Waals surface area contributed by atoms with Gasteiger partial charge in [-0.25, -0.2) is 14.6 Å². The number of nitrogens with two attached hydrogens (primary N) is 1. The largest absolute Gasteiger partial charge is 0.463 e. The number of esters is 2. The summed E-state index contributed by atoms with van der Waals surface area (Å²) in [4.78, 5) is 31.7. The number of allylic oxidation sites excluding steroid dienone is 1. The summed E-state index contributed by atoms with van der Waals surface area (Å²) in [7, 11) is 0. The van der Waals surface area contributed by atoms with Gasteiger partial charge >= 0.3 is 18.1 Å². The van der Waals surface area contributed by atoms with Crippen LogP contribution in [0.3, 0.4) is 0 Å². The Hall–Kier alpha value is -3.34. The van der Waals surface area contributed by atoms with Crippen LogP contribution in [-0.4, -0.2) is 30.1 Å². The molecule has 0 saturated heterocycles. The summed E-state index contributed by atoms with van der Waals surface area (Å²) in [5, 5.41) is 0. The third-order valence-corrected chi connectivity index (χ3v) is 5.79. The standard InChI is InChI=1S/C24H23BrF3N3O4/c1-4-34-22(32)18-13(3)31(16-8-6-7-15(11-16)24(26,27)28)21(29)20(23(33)35-5-2)19(18)14-9-10-17(25)30-12-14/h6-12,19H,4-5,29H2,1-3H3. The van der Waals surface area contributed by atoms with E-state index in [9.17, 15) is 22.8 Å². The minimum Gasteiger partial charge on any atom is -0.463 e. The van der Waals surface area contributed by atoms with Crippen LogP contribution in [0.1, 0.15) is 37.8 Å². The van der Waals surface area contributed by atoms with Gasteiger partial charge in [0, 0.05) is 17.6 Å². The highest BCUT2D eigenvalue weighted by atomic mass is 79.9. The highest BCUT2D eigenvalue weighted by Gasteiger charge is 2.42. The molecule has 2 N–H and O–H groups in total. The maximum atomic E-state index is 13.4. The molecular weight excluding hydrogens is 531 g/mol. The zero-order chi connectivity index (χ0) is 25.9. The van der Waals surface area contributed by atoms with Crippen molar-refractivity contribution < 1.29 is 32.2 Å². The van der Waals surface area contributed by atoms with Gasteiger partial charge in [-0.15, -0.1) is 0 Å². The molecule has 0 spiro atoms. The van der Waals surface area contributed by atoms with Crippen molar-refractivity contribution in [3.8, 4) is 0 Å². The number of benzene rings is 1. The number of rotatable bonds is 6. The number of nitrogens with zero attached hydrogens (tertiary/aromatic N) is 2. The highest BCUT2D eigenvalue weighted by molar-refractivity contribution is 9.10. The van der Waals surface area contributed by atoms with E-state index in [1.165, 1.54) is 30.2 Å². The van der Waals surface area contributed by atoms with Crippen molar-refractivity contribution in [3.63, 3.8) is 0 Å². The molecule has 35 heavy (non-hydrogen) atoms. The number of alkyl halides is 3. The Morgan fingerprint density at radius 1 is 1.09 bits per heavy atom. The molecule has 186 valence electrons. The Bertz CT molecular complexity index is 1150. The van der Waals surface area contributed by atoms with Gasteiger partial charge in [-0.2, -0.15) is 13.2 Å². The molecule has 2 heterocycles. The molecule has 1 aliphatic rings. The molecule has 7 nitrogen and oxygen atoms in total. The minimum atomic E-state index is -4.61. The van der Waals surface area contributed by atoms with Gasteiger partial charge in [-0.1, -0.05) is 12.1 Å². The normalized spacial score (nSPS) is 16.4. The molecule has 11 heteroatoms. The van der Waals surface area contributed by atoms with E-state index in [0.29, 0.717) is 10.2 Å². The van der Waals surface area contributed by atoms with E-state index < -0.39 is 29.6 Å². The summed E-state index contributed by atoms with van der Waals surface area (Å²) in [6.07, 6.45) is -3.14. The van der Waals surface area contributed by atoms with Gasteiger partial charge in [0.05, 0.1) is 35.8 Å². The number of carbonyl (C=O) groups is 2. The van der Waals surface area contributed by atoms with Crippen LogP contribution < -0.4 is 10.6 Å². The molecule has 0 radical (unpaired) electrons. The lowest BCUT2D eigenvalue weighted by Gasteiger charge is -2.37. The molecule has 0 saturated carbocycles. The second-order valence-electron chi connectivity index (χ2n) is 7.47. The van der Waals surface area contributed by atoms with Gasteiger partial charge in [0.25, 0.3) is 0 Å². The zero-order valence-electron chi connectivity index (χ0n) is 19.1. The maximum absolute atomic E-state index is 13.4. The fraction of sp³-hybridized carbons (Fsp3) is 0.292. The number of ether oxygens (including phenoxy) is 2. The van der Waals surface area contributed by atoms with Crippen LogP contribution in [-0.2, 0) is 25.2 Å². The van der Waals surface area contributed by atoms with Crippen LogP contribution in [0.2, 0.25) is 0 Å². The lowest BCUT2D eigenvalue weighted by Crippen LogP contribution is -2.39. The van der Waals surface area contributed by atoms with E-state index in [2.05, 4.69) is 20.9 Å². The molecule has 1 unspecified atom stereocenters. The Balaban J connectivity index is 2.33. The topological polar surface area (TPSA) is 94.8 Å². The van der Waals surface area contributed by atoms with Crippen molar-refractivity contribution in [2.75, 3.05) is 18.1 Å². The SMILES string of the molecule is CCOC(=O)C1=C(C)N(c2cccc(C(F)(F)F)c2)C(N)=C(C(=O)OCC)C1c1ccc(Br)nc1. The van der Waals surface area contributed by atoms with Gasteiger partial charge < -0.3 is 20.1 Å². The number of aromatic nitrogens is 1. The summed E-state index contributed by atoms with van der Waals surface area (Å²) in [6, 6.07) is 7.72. The Morgan fingerprint density at radius 3 is 2.26 bits per heavy atom. The molecular formula is C24H23BrF3N3O4. The van der Waals surface area contributed by atoms with Crippen LogP contribution in [0.15, 0.2) is 69.9 Å². The first-order valence-corrected chi connectivity index (χ1v) is 11.4. The van der Waals surface area contributed by atoms with Crippen molar-refractivity contribution in [2.45, 2.75) is 32.9 Å². The zero-order valence-corrected chi connectivity index (χ0v) is 20.7. The van der Waals surface area contributed by atoms with Crippen molar-refractivity contribution in [1.82, 2.24) is 4.98 Å². The fourth-order valence-electron chi connectivity index (χ4n) is 3.87. The van der Waals surface area contributed by atoms with E-state index >= 15 is 0 Å². The number of halogens is 4. The lowest BCUT2D eigenvalue weighted by molar-refractivity contribution is -0.140. The Morgan fingerprint density at radius 2 is 1.71 bits per heavy atom. The summed E-state index contributed by atoms with van der Waals surface area (Å²) in [5.41, 5.74) is 6.13. The third-order valence-electron chi connectivity index (χ3n) is 5.33. The van der Waals surface area contributed by atoms with Crippen molar-refractivity contribution in [1.29, 1.82) is 0 Å².